The number of Topliss-reactive ketones (excluding diaryl/α,β-unsaturated/α-hetero) is 1. The van der Waals surface area contributed by atoms with Crippen molar-refractivity contribution >= 4 is 38.9 Å². The van der Waals surface area contributed by atoms with Crippen LogP contribution < -0.4 is 4.74 Å². The number of nitriles is 1. The molecule has 4 rings (SSSR count). The lowest BCUT2D eigenvalue weighted by Crippen LogP contribution is -2.44. The van der Waals surface area contributed by atoms with Crippen molar-refractivity contribution in [2.75, 3.05) is 13.1 Å². The van der Waals surface area contributed by atoms with Gasteiger partial charge < -0.3 is 9.64 Å². The van der Waals surface area contributed by atoms with Crippen LogP contribution in [0.4, 0.5) is 5.69 Å². The van der Waals surface area contributed by atoms with E-state index in [-0.39, 0.29) is 11.4 Å². The molecule has 9 nitrogen and oxygen atoms in total. The van der Waals surface area contributed by atoms with Crippen LogP contribution in [0.3, 0.4) is 0 Å². The third-order valence-corrected chi connectivity index (χ3v) is 6.82. The Morgan fingerprint density at radius 3 is 2.62 bits per heavy atom. The zero-order valence-electron chi connectivity index (χ0n) is 18.5. The van der Waals surface area contributed by atoms with Crippen molar-refractivity contribution in [3.05, 3.63) is 52.6 Å². The van der Waals surface area contributed by atoms with Gasteiger partial charge in [-0.15, -0.1) is 11.3 Å². The van der Waals surface area contributed by atoms with Crippen LogP contribution in [0.2, 0.25) is 0 Å². The molecule has 1 amide bonds. The maximum atomic E-state index is 12.9. The van der Waals surface area contributed by atoms with E-state index < -0.39 is 28.6 Å². The minimum absolute atomic E-state index is 0.121. The molecule has 2 unspecified atom stereocenters. The highest BCUT2D eigenvalue weighted by Gasteiger charge is 2.35. The molecule has 2 heterocycles. The van der Waals surface area contributed by atoms with E-state index in [4.69, 9.17) is 4.74 Å². The molecule has 1 aliphatic heterocycles. The number of benzene rings is 2. The average Bonchev–Trinajstić information content (AvgIpc) is 3.29. The number of likely N-dealkylation sites (tertiary alicyclic amines) is 1. The first-order valence-electron chi connectivity index (χ1n) is 10.9. The SMILES string of the molecule is CC(Oc1cc(-c2nc3ccccc3s2)ccc1[N+](=O)[O-])C(=O)C(C#N)C(=O)N1CCCCC1. The normalized spacial score (nSPS) is 15.4. The zero-order chi connectivity index (χ0) is 24.2. The summed E-state index contributed by atoms with van der Waals surface area (Å²) in [5, 5.41) is 21.8. The maximum Gasteiger partial charge on any atom is 0.310 e. The molecule has 0 aliphatic carbocycles. The third-order valence-electron chi connectivity index (χ3n) is 5.73. The van der Waals surface area contributed by atoms with Crippen LogP contribution in [-0.4, -0.2) is 45.7 Å². The van der Waals surface area contributed by atoms with Gasteiger partial charge in [0.05, 0.1) is 21.2 Å². The van der Waals surface area contributed by atoms with Gasteiger partial charge in [-0.05, 0) is 50.5 Å². The summed E-state index contributed by atoms with van der Waals surface area (Å²) in [6.45, 7) is 2.41. The number of piperidine rings is 1. The van der Waals surface area contributed by atoms with E-state index in [1.54, 1.807) is 12.1 Å². The predicted octanol–water partition coefficient (Wildman–Crippen LogP) is 4.36. The molecule has 10 heteroatoms. The topological polar surface area (TPSA) is 126 Å². The van der Waals surface area contributed by atoms with E-state index in [9.17, 15) is 25.0 Å². The van der Waals surface area contributed by atoms with Crippen LogP contribution in [-0.2, 0) is 9.59 Å². The van der Waals surface area contributed by atoms with Crippen molar-refractivity contribution in [1.29, 1.82) is 5.26 Å². The fraction of sp³-hybridized carbons (Fsp3) is 0.333. The molecule has 1 aliphatic rings. The van der Waals surface area contributed by atoms with Crippen LogP contribution in [0.25, 0.3) is 20.8 Å². The summed E-state index contributed by atoms with van der Waals surface area (Å²) >= 11 is 1.43. The molecule has 0 N–H and O–H groups in total. The number of ketones is 1. The van der Waals surface area contributed by atoms with E-state index in [0.717, 1.165) is 29.5 Å². The van der Waals surface area contributed by atoms with Crippen LogP contribution in [0.5, 0.6) is 5.75 Å². The van der Waals surface area contributed by atoms with Gasteiger partial charge in [0.2, 0.25) is 5.91 Å². The number of hydrogen-bond donors (Lipinski definition) is 0. The van der Waals surface area contributed by atoms with Gasteiger partial charge in [-0.1, -0.05) is 12.1 Å². The largest absolute Gasteiger partial charge is 0.476 e. The summed E-state index contributed by atoms with van der Waals surface area (Å²) in [7, 11) is 0. The highest BCUT2D eigenvalue weighted by atomic mass is 32.1. The Hall–Kier alpha value is -3.84. The van der Waals surface area contributed by atoms with Gasteiger partial charge in [0, 0.05) is 24.7 Å². The van der Waals surface area contributed by atoms with Gasteiger partial charge in [-0.2, -0.15) is 5.26 Å². The van der Waals surface area contributed by atoms with Gasteiger partial charge >= 0.3 is 5.69 Å². The number of aromatic nitrogens is 1. The van der Waals surface area contributed by atoms with Gasteiger partial charge in [0.15, 0.2) is 23.6 Å². The molecular formula is C24H22N4O5S. The van der Waals surface area contributed by atoms with Gasteiger partial charge in [-0.3, -0.25) is 19.7 Å². The lowest BCUT2D eigenvalue weighted by atomic mass is 9.98. The van der Waals surface area contributed by atoms with Crippen molar-refractivity contribution < 1.29 is 19.2 Å². The molecule has 1 aromatic heterocycles. The molecule has 2 aromatic carbocycles. The van der Waals surface area contributed by atoms with Gasteiger partial charge in [0.25, 0.3) is 0 Å². The fourth-order valence-electron chi connectivity index (χ4n) is 3.91. The predicted molar refractivity (Wildman–Crippen MR) is 126 cm³/mol. The quantitative estimate of drug-likeness (QED) is 0.280. The van der Waals surface area contributed by atoms with Crippen molar-refractivity contribution in [1.82, 2.24) is 9.88 Å². The number of nitrogens with zero attached hydrogens (tertiary/aromatic N) is 4. The molecule has 34 heavy (non-hydrogen) atoms. The summed E-state index contributed by atoms with van der Waals surface area (Å²) < 4.78 is 6.66. The number of nitro groups is 1. The Bertz CT molecular complexity index is 1260. The number of carbonyl (C=O) groups excluding carboxylic acids is 2. The zero-order valence-corrected chi connectivity index (χ0v) is 19.3. The second-order valence-corrected chi connectivity index (χ2v) is 9.07. The first-order chi connectivity index (χ1) is 16.4. The molecule has 174 valence electrons. The summed E-state index contributed by atoms with van der Waals surface area (Å²) in [6, 6.07) is 13.7. The van der Waals surface area contributed by atoms with E-state index in [0.29, 0.717) is 23.7 Å². The van der Waals surface area contributed by atoms with E-state index in [2.05, 4.69) is 4.98 Å². The van der Waals surface area contributed by atoms with Crippen molar-refractivity contribution in [2.45, 2.75) is 32.3 Å². The maximum absolute atomic E-state index is 12.9. The Morgan fingerprint density at radius 1 is 1.21 bits per heavy atom. The van der Waals surface area contributed by atoms with Crippen molar-refractivity contribution in [2.24, 2.45) is 5.92 Å². The van der Waals surface area contributed by atoms with E-state index in [1.165, 1.54) is 35.3 Å². The summed E-state index contributed by atoms with van der Waals surface area (Å²) in [6.07, 6.45) is 1.43. The average molecular weight is 479 g/mol. The monoisotopic (exact) mass is 478 g/mol. The number of hydrogen-bond acceptors (Lipinski definition) is 8. The third kappa shape index (κ3) is 4.75. The molecule has 0 radical (unpaired) electrons. The highest BCUT2D eigenvalue weighted by Crippen LogP contribution is 2.36. The lowest BCUT2D eigenvalue weighted by Gasteiger charge is -2.28. The molecule has 0 saturated carbocycles. The molecule has 3 aromatic rings. The van der Waals surface area contributed by atoms with Crippen LogP contribution >= 0.6 is 11.3 Å². The first kappa shape index (κ1) is 23.3. The second kappa shape index (κ2) is 9.97. The summed E-state index contributed by atoms with van der Waals surface area (Å²) in [5.74, 6) is -2.90. The lowest BCUT2D eigenvalue weighted by molar-refractivity contribution is -0.386. The Balaban J connectivity index is 1.59. The van der Waals surface area contributed by atoms with E-state index in [1.807, 2.05) is 24.3 Å². The fourth-order valence-corrected chi connectivity index (χ4v) is 4.87. The highest BCUT2D eigenvalue weighted by molar-refractivity contribution is 7.21. The molecule has 0 spiro atoms. The molecular weight excluding hydrogens is 456 g/mol. The summed E-state index contributed by atoms with van der Waals surface area (Å²) in [4.78, 5) is 42.7. The number of rotatable bonds is 7. The van der Waals surface area contributed by atoms with Crippen molar-refractivity contribution in [3.63, 3.8) is 0 Å². The first-order valence-corrected chi connectivity index (χ1v) is 11.7. The number of nitro benzene ring substituents is 1. The van der Waals surface area contributed by atoms with Crippen LogP contribution in [0.1, 0.15) is 26.2 Å². The number of fused-ring (bicyclic) bond motifs is 1. The Kier molecular flexibility index (Phi) is 6.84. The minimum Gasteiger partial charge on any atom is -0.476 e. The number of amides is 1. The minimum atomic E-state index is -1.51. The molecule has 2 atom stereocenters. The Labute approximate surface area is 199 Å². The Morgan fingerprint density at radius 2 is 1.94 bits per heavy atom. The number of para-hydroxylation sites is 1. The number of ether oxygens (including phenoxy) is 1. The number of carbonyl (C=O) groups is 2. The molecule has 1 fully saturated rings. The standard InChI is InChI=1S/C24H22N4O5S/c1-15(22(29)17(14-25)24(30)27-11-5-2-6-12-27)33-20-13-16(9-10-19(20)28(31)32)23-26-18-7-3-4-8-21(18)34-23/h3-4,7-10,13,15,17H,2,5-6,11-12H2,1H3. The van der Waals surface area contributed by atoms with E-state index >= 15 is 0 Å². The van der Waals surface area contributed by atoms with Gasteiger partial charge in [0.1, 0.15) is 5.01 Å². The summed E-state index contributed by atoms with van der Waals surface area (Å²) in [5.41, 5.74) is 1.09. The molecule has 0 bridgehead atoms. The van der Waals surface area contributed by atoms with Crippen LogP contribution in [0, 0.1) is 27.4 Å². The van der Waals surface area contributed by atoms with Crippen molar-refractivity contribution in [3.8, 4) is 22.4 Å². The second-order valence-electron chi connectivity index (χ2n) is 8.04. The smallest absolute Gasteiger partial charge is 0.310 e. The molecule has 1 saturated heterocycles. The van der Waals surface area contributed by atoms with Gasteiger partial charge in [-0.25, -0.2) is 4.98 Å². The van der Waals surface area contributed by atoms with Crippen LogP contribution in [0.15, 0.2) is 42.5 Å². The number of thiazole rings is 1.